The van der Waals surface area contributed by atoms with E-state index >= 15 is 0 Å². The van der Waals surface area contributed by atoms with Crippen LogP contribution in [0.5, 0.6) is 0 Å². The molecule has 1 unspecified atom stereocenters. The standard InChI is InChI=1S/C21H38O4/c1-18(20(22)23)17-19-15-13-11-9-7-5-3-2-4-6-8-10-12-14-16-21(19,24)25/h17,19,24-25H,2-16H2,1H3,(H,22,23). The molecule has 0 aromatic rings. The van der Waals surface area contributed by atoms with Gasteiger partial charge in [0.2, 0.25) is 0 Å². The Balaban J connectivity index is 2.66. The third-order valence-corrected chi connectivity index (χ3v) is 5.44. The van der Waals surface area contributed by atoms with Crippen molar-refractivity contribution in [2.45, 2.75) is 109 Å². The van der Waals surface area contributed by atoms with E-state index in [0.717, 1.165) is 32.1 Å². The van der Waals surface area contributed by atoms with Crippen LogP contribution in [0.4, 0.5) is 0 Å². The molecule has 0 radical (unpaired) electrons. The fourth-order valence-corrected chi connectivity index (χ4v) is 3.70. The lowest BCUT2D eigenvalue weighted by Crippen LogP contribution is -2.37. The monoisotopic (exact) mass is 354 g/mol. The second kappa shape index (κ2) is 12.5. The lowest BCUT2D eigenvalue weighted by molar-refractivity contribution is -0.195. The molecule has 25 heavy (non-hydrogen) atoms. The summed E-state index contributed by atoms with van der Waals surface area (Å²) in [5.41, 5.74) is 0.198. The van der Waals surface area contributed by atoms with Gasteiger partial charge in [-0.3, -0.25) is 0 Å². The fourth-order valence-electron chi connectivity index (χ4n) is 3.70. The van der Waals surface area contributed by atoms with Crippen molar-refractivity contribution in [1.29, 1.82) is 0 Å². The molecular weight excluding hydrogens is 316 g/mol. The molecule has 146 valence electrons. The molecule has 1 saturated carbocycles. The molecule has 0 amide bonds. The second-order valence-electron chi connectivity index (χ2n) is 7.77. The van der Waals surface area contributed by atoms with Crippen LogP contribution in [-0.4, -0.2) is 27.1 Å². The average Bonchev–Trinajstić information content (AvgIpc) is 2.56. The van der Waals surface area contributed by atoms with Gasteiger partial charge in [0.25, 0.3) is 0 Å². The number of aliphatic carboxylic acids is 1. The Labute approximate surface area is 153 Å². The maximum Gasteiger partial charge on any atom is 0.330 e. The average molecular weight is 355 g/mol. The molecule has 0 aromatic carbocycles. The van der Waals surface area contributed by atoms with Crippen molar-refractivity contribution in [1.82, 2.24) is 0 Å². The van der Waals surface area contributed by atoms with E-state index in [4.69, 9.17) is 5.11 Å². The SMILES string of the molecule is CC(=CC1CCCCCCCCCCCCCCCC1(O)O)C(=O)O. The zero-order chi connectivity index (χ0) is 18.5. The van der Waals surface area contributed by atoms with Gasteiger partial charge in [0.05, 0.1) is 0 Å². The molecular formula is C21H38O4. The lowest BCUT2D eigenvalue weighted by Gasteiger charge is -2.30. The van der Waals surface area contributed by atoms with Gasteiger partial charge in [-0.1, -0.05) is 83.1 Å². The number of aliphatic hydroxyl groups is 2. The summed E-state index contributed by atoms with van der Waals surface area (Å²) in [6.45, 7) is 1.53. The van der Waals surface area contributed by atoms with E-state index in [9.17, 15) is 15.0 Å². The topological polar surface area (TPSA) is 77.8 Å². The van der Waals surface area contributed by atoms with Crippen LogP contribution in [0.25, 0.3) is 0 Å². The van der Waals surface area contributed by atoms with Crippen molar-refractivity contribution >= 4 is 5.97 Å². The first kappa shape index (κ1) is 22.2. The molecule has 1 rings (SSSR count). The molecule has 0 aromatic heterocycles. The van der Waals surface area contributed by atoms with Crippen molar-refractivity contribution in [2.24, 2.45) is 5.92 Å². The summed E-state index contributed by atoms with van der Waals surface area (Å²) in [5, 5.41) is 30.2. The highest BCUT2D eigenvalue weighted by Gasteiger charge is 2.32. The Morgan fingerprint density at radius 2 is 1.20 bits per heavy atom. The van der Waals surface area contributed by atoms with Crippen molar-refractivity contribution in [3.05, 3.63) is 11.6 Å². The maximum atomic E-state index is 11.1. The number of carbonyl (C=O) groups is 1. The Morgan fingerprint density at radius 3 is 1.64 bits per heavy atom. The molecule has 0 bridgehead atoms. The highest BCUT2D eigenvalue weighted by atomic mass is 16.5. The van der Waals surface area contributed by atoms with E-state index in [1.54, 1.807) is 6.08 Å². The highest BCUT2D eigenvalue weighted by Crippen LogP contribution is 2.29. The molecule has 3 N–H and O–H groups in total. The van der Waals surface area contributed by atoms with E-state index < -0.39 is 17.7 Å². The Bertz CT molecular complexity index is 401. The molecule has 1 fully saturated rings. The number of rotatable bonds is 2. The van der Waals surface area contributed by atoms with E-state index in [1.165, 1.54) is 58.3 Å². The normalized spacial score (nSPS) is 25.9. The molecule has 0 heterocycles. The molecule has 0 spiro atoms. The largest absolute Gasteiger partial charge is 0.478 e. The number of hydrogen-bond donors (Lipinski definition) is 3. The summed E-state index contributed by atoms with van der Waals surface area (Å²) in [7, 11) is 0. The van der Waals surface area contributed by atoms with E-state index in [2.05, 4.69) is 0 Å². The number of carboxylic acid groups (broad SMARTS) is 1. The summed E-state index contributed by atoms with van der Waals surface area (Å²) in [6, 6.07) is 0. The molecule has 4 nitrogen and oxygen atoms in total. The highest BCUT2D eigenvalue weighted by molar-refractivity contribution is 5.85. The summed E-state index contributed by atoms with van der Waals surface area (Å²) in [5.74, 6) is -3.29. The van der Waals surface area contributed by atoms with Crippen molar-refractivity contribution in [3.8, 4) is 0 Å². The van der Waals surface area contributed by atoms with Gasteiger partial charge < -0.3 is 15.3 Å². The first-order chi connectivity index (χ1) is 11.9. The molecule has 4 heteroatoms. The lowest BCUT2D eigenvalue weighted by atomic mass is 9.87. The third-order valence-electron chi connectivity index (χ3n) is 5.44. The predicted molar refractivity (Wildman–Crippen MR) is 101 cm³/mol. The predicted octanol–water partition coefficient (Wildman–Crippen LogP) is 5.18. The molecule has 0 saturated heterocycles. The molecule has 1 aliphatic carbocycles. The maximum absolute atomic E-state index is 11.1. The Kier molecular flexibility index (Phi) is 11.1. The minimum absolute atomic E-state index is 0.198. The zero-order valence-electron chi connectivity index (χ0n) is 16.0. The van der Waals surface area contributed by atoms with E-state index in [0.29, 0.717) is 12.8 Å². The molecule has 1 aliphatic rings. The quantitative estimate of drug-likeness (QED) is 0.471. The summed E-state index contributed by atoms with van der Waals surface area (Å²) in [6.07, 6.45) is 17.7. The first-order valence-corrected chi connectivity index (χ1v) is 10.3. The number of carboxylic acids is 1. The van der Waals surface area contributed by atoms with Crippen molar-refractivity contribution < 1.29 is 20.1 Å². The van der Waals surface area contributed by atoms with E-state index in [1.807, 2.05) is 0 Å². The van der Waals surface area contributed by atoms with Gasteiger partial charge in [0.15, 0.2) is 5.79 Å². The first-order valence-electron chi connectivity index (χ1n) is 10.3. The number of hydrogen-bond acceptors (Lipinski definition) is 3. The van der Waals surface area contributed by atoms with Gasteiger partial charge in [-0.2, -0.15) is 0 Å². The second-order valence-corrected chi connectivity index (χ2v) is 7.77. The van der Waals surface area contributed by atoms with Crippen LogP contribution in [0.3, 0.4) is 0 Å². The van der Waals surface area contributed by atoms with Crippen LogP contribution in [0, 0.1) is 5.92 Å². The van der Waals surface area contributed by atoms with Gasteiger partial charge in [-0.15, -0.1) is 0 Å². The molecule has 1 atom stereocenters. The fraction of sp³-hybridized carbons (Fsp3) is 0.857. The van der Waals surface area contributed by atoms with Gasteiger partial charge in [-0.05, 0) is 19.8 Å². The van der Waals surface area contributed by atoms with Crippen LogP contribution in [0.2, 0.25) is 0 Å². The minimum Gasteiger partial charge on any atom is -0.478 e. The van der Waals surface area contributed by atoms with Crippen molar-refractivity contribution in [3.63, 3.8) is 0 Å². The smallest absolute Gasteiger partial charge is 0.330 e. The van der Waals surface area contributed by atoms with E-state index in [-0.39, 0.29) is 5.57 Å². The van der Waals surface area contributed by atoms with Crippen LogP contribution in [0.15, 0.2) is 11.6 Å². The zero-order valence-corrected chi connectivity index (χ0v) is 16.0. The summed E-state index contributed by atoms with van der Waals surface area (Å²) in [4.78, 5) is 11.1. The minimum atomic E-state index is -1.80. The molecule has 0 aliphatic heterocycles. The van der Waals surface area contributed by atoms with Crippen LogP contribution in [0.1, 0.15) is 103 Å². The van der Waals surface area contributed by atoms with Gasteiger partial charge >= 0.3 is 5.97 Å². The van der Waals surface area contributed by atoms with Crippen LogP contribution < -0.4 is 0 Å². The Morgan fingerprint density at radius 1 is 0.800 bits per heavy atom. The van der Waals surface area contributed by atoms with Crippen molar-refractivity contribution in [2.75, 3.05) is 0 Å². The summed E-state index contributed by atoms with van der Waals surface area (Å²) >= 11 is 0. The van der Waals surface area contributed by atoms with Crippen LogP contribution in [-0.2, 0) is 4.79 Å². The Hall–Kier alpha value is -0.870. The van der Waals surface area contributed by atoms with Gasteiger partial charge in [0, 0.05) is 17.9 Å². The summed E-state index contributed by atoms with van der Waals surface area (Å²) < 4.78 is 0. The van der Waals surface area contributed by atoms with Crippen LogP contribution >= 0.6 is 0 Å². The third kappa shape index (κ3) is 10.0. The van der Waals surface area contributed by atoms with Gasteiger partial charge in [0.1, 0.15) is 0 Å². The van der Waals surface area contributed by atoms with Gasteiger partial charge in [-0.25, -0.2) is 4.79 Å².